The first-order valence-corrected chi connectivity index (χ1v) is 7.79. The molecular formula is C15H8F15NO2. The van der Waals surface area contributed by atoms with E-state index in [2.05, 4.69) is 0 Å². The van der Waals surface area contributed by atoms with Crippen LogP contribution < -0.4 is 4.90 Å². The summed E-state index contributed by atoms with van der Waals surface area (Å²) in [6.07, 6.45) is -10.3. The molecule has 3 nitrogen and oxygen atoms in total. The van der Waals surface area contributed by atoms with Crippen LogP contribution in [0.2, 0.25) is 0 Å². The van der Waals surface area contributed by atoms with Crippen LogP contribution >= 0.6 is 0 Å². The minimum atomic E-state index is -8.42. The van der Waals surface area contributed by atoms with Crippen molar-refractivity contribution in [2.45, 2.75) is 41.7 Å². The number of carbonyl (C=O) groups is 1. The number of rotatable bonds is 8. The summed E-state index contributed by atoms with van der Waals surface area (Å²) in [5.74, 6) is -47.6. The molecule has 0 atom stereocenters. The number of hydrogen-bond acceptors (Lipinski definition) is 1. The molecule has 0 aliphatic heterocycles. The predicted molar refractivity (Wildman–Crippen MR) is 77.5 cm³/mol. The third-order valence-corrected chi connectivity index (χ3v) is 4.05. The summed E-state index contributed by atoms with van der Waals surface area (Å²) in [6.45, 7) is -3.12. The normalized spacial score (nSPS) is 14.9. The molecule has 0 saturated carbocycles. The molecule has 1 aromatic rings. The van der Waals surface area contributed by atoms with Gasteiger partial charge in [0.15, 0.2) is 0 Å². The van der Waals surface area contributed by atoms with Crippen molar-refractivity contribution in [3.8, 4) is 0 Å². The van der Waals surface area contributed by atoms with Gasteiger partial charge in [0.25, 0.3) is 0 Å². The van der Waals surface area contributed by atoms with Gasteiger partial charge < -0.3 is 5.11 Å². The topological polar surface area (TPSA) is 40.5 Å². The van der Waals surface area contributed by atoms with E-state index in [0.717, 1.165) is 18.2 Å². The van der Waals surface area contributed by atoms with Gasteiger partial charge >= 0.3 is 47.8 Å². The Kier molecular flexibility index (Phi) is 6.93. The quantitative estimate of drug-likeness (QED) is 0.396. The van der Waals surface area contributed by atoms with Crippen molar-refractivity contribution >= 4 is 11.8 Å². The van der Waals surface area contributed by atoms with Gasteiger partial charge in [0.1, 0.15) is 0 Å². The Morgan fingerprint density at radius 3 is 1.36 bits per heavy atom. The zero-order chi connectivity index (χ0) is 26.5. The van der Waals surface area contributed by atoms with E-state index in [0.29, 0.717) is 12.1 Å². The fourth-order valence-electron chi connectivity index (χ4n) is 2.17. The Balaban J connectivity index is 3.55. The molecule has 33 heavy (non-hydrogen) atoms. The number of amides is 1. The highest BCUT2D eigenvalue weighted by Gasteiger charge is 2.93. The van der Waals surface area contributed by atoms with Crippen LogP contribution in [0.25, 0.3) is 0 Å². The summed E-state index contributed by atoms with van der Waals surface area (Å²) in [6, 6.07) is 4.17. The van der Waals surface area contributed by atoms with Crippen molar-refractivity contribution in [2.24, 2.45) is 0 Å². The van der Waals surface area contributed by atoms with Gasteiger partial charge in [-0.25, -0.2) is 4.79 Å². The van der Waals surface area contributed by atoms with E-state index in [1.165, 1.54) is 0 Å². The second-order valence-corrected chi connectivity index (χ2v) is 6.28. The summed E-state index contributed by atoms with van der Waals surface area (Å²) in [7, 11) is 0. The van der Waals surface area contributed by atoms with E-state index in [4.69, 9.17) is 5.11 Å². The second-order valence-electron chi connectivity index (χ2n) is 6.28. The van der Waals surface area contributed by atoms with Crippen LogP contribution in [0, 0.1) is 0 Å². The minimum Gasteiger partial charge on any atom is -0.465 e. The minimum absolute atomic E-state index is 0.618. The summed E-state index contributed by atoms with van der Waals surface area (Å²) in [4.78, 5) is 10.2. The van der Waals surface area contributed by atoms with E-state index in [-0.39, 0.29) is 0 Å². The molecule has 0 bridgehead atoms. The SMILES string of the molecule is O=C(O)N(CC(F)(F)C(F)(F)C(F)(F)C(F)(F)C(F)(F)C(F)(F)C(F)(F)F)c1ccccc1. The lowest BCUT2D eigenvalue weighted by Crippen LogP contribution is -2.73. The highest BCUT2D eigenvalue weighted by atomic mass is 19.4. The van der Waals surface area contributed by atoms with E-state index in [1.54, 1.807) is 0 Å². The summed E-state index contributed by atoms with van der Waals surface area (Å²) in [5.41, 5.74) is -0.940. The molecule has 1 rings (SSSR count). The van der Waals surface area contributed by atoms with Crippen molar-refractivity contribution in [3.63, 3.8) is 0 Å². The number of alkyl halides is 15. The Morgan fingerprint density at radius 1 is 0.636 bits per heavy atom. The maximum atomic E-state index is 13.9. The molecule has 0 radical (unpaired) electrons. The number of hydrogen-bond donors (Lipinski definition) is 1. The van der Waals surface area contributed by atoms with Crippen molar-refractivity contribution in [1.82, 2.24) is 0 Å². The van der Waals surface area contributed by atoms with Gasteiger partial charge in [-0.15, -0.1) is 0 Å². The Bertz CT molecular complexity index is 851. The maximum absolute atomic E-state index is 13.9. The summed E-state index contributed by atoms with van der Waals surface area (Å²) < 4.78 is 197. The molecule has 1 amide bonds. The smallest absolute Gasteiger partial charge is 0.460 e. The Labute approximate surface area is 172 Å². The zero-order valence-electron chi connectivity index (χ0n) is 15.1. The Hall–Kier alpha value is -2.56. The number of carboxylic acid groups (broad SMARTS) is 1. The molecular weight excluding hydrogens is 511 g/mol. The average Bonchev–Trinajstić information content (AvgIpc) is 2.64. The first kappa shape index (κ1) is 28.5. The van der Waals surface area contributed by atoms with E-state index in [1.807, 2.05) is 0 Å². The molecule has 190 valence electrons. The van der Waals surface area contributed by atoms with Gasteiger partial charge in [-0.3, -0.25) is 4.90 Å². The van der Waals surface area contributed by atoms with Gasteiger partial charge in [0, 0.05) is 5.69 Å². The average molecular weight is 519 g/mol. The van der Waals surface area contributed by atoms with E-state index < -0.39 is 64.9 Å². The van der Waals surface area contributed by atoms with Gasteiger partial charge in [-0.1, -0.05) is 18.2 Å². The van der Waals surface area contributed by atoms with Gasteiger partial charge in [0.05, 0.1) is 6.54 Å². The maximum Gasteiger partial charge on any atom is 0.460 e. The fourth-order valence-corrected chi connectivity index (χ4v) is 2.17. The van der Waals surface area contributed by atoms with Gasteiger partial charge in [-0.2, -0.15) is 65.9 Å². The molecule has 0 aromatic heterocycles. The Morgan fingerprint density at radius 2 is 1.00 bits per heavy atom. The molecule has 0 aliphatic carbocycles. The molecule has 0 spiro atoms. The molecule has 0 saturated heterocycles. The zero-order valence-corrected chi connectivity index (χ0v) is 15.1. The van der Waals surface area contributed by atoms with E-state index >= 15 is 0 Å². The van der Waals surface area contributed by atoms with Crippen molar-refractivity contribution in [2.75, 3.05) is 11.4 Å². The largest absolute Gasteiger partial charge is 0.465 e. The van der Waals surface area contributed by atoms with Crippen LogP contribution in [-0.4, -0.2) is 59.5 Å². The molecule has 18 heteroatoms. The number of halogens is 15. The number of para-hydroxylation sites is 1. The number of anilines is 1. The van der Waals surface area contributed by atoms with Gasteiger partial charge in [0.2, 0.25) is 0 Å². The second kappa shape index (κ2) is 8.03. The predicted octanol–water partition coefficient (Wildman–Crippen LogP) is 6.55. The lowest BCUT2D eigenvalue weighted by Gasteiger charge is -2.42. The third kappa shape index (κ3) is 4.22. The fraction of sp³-hybridized carbons (Fsp3) is 0.533. The van der Waals surface area contributed by atoms with Crippen LogP contribution in [0.5, 0.6) is 0 Å². The third-order valence-electron chi connectivity index (χ3n) is 4.05. The number of nitrogens with zero attached hydrogens (tertiary/aromatic N) is 1. The van der Waals surface area contributed by atoms with Crippen LogP contribution in [0.3, 0.4) is 0 Å². The van der Waals surface area contributed by atoms with Gasteiger partial charge in [-0.05, 0) is 12.1 Å². The summed E-state index contributed by atoms with van der Waals surface area (Å²) in [5, 5.41) is 8.81. The molecule has 0 unspecified atom stereocenters. The summed E-state index contributed by atoms with van der Waals surface area (Å²) >= 11 is 0. The monoisotopic (exact) mass is 519 g/mol. The standard InChI is InChI=1S/C15H8F15NO2/c16-9(17,6-31(8(32)33)7-4-2-1-3-5-7)10(18,19)11(20,21)12(22,23)13(24,25)14(26,27)15(28,29)30/h1-5H,6H2,(H,32,33). The first-order chi connectivity index (χ1) is 14.4. The van der Waals surface area contributed by atoms with Crippen molar-refractivity contribution < 1.29 is 75.8 Å². The molecule has 0 aliphatic rings. The van der Waals surface area contributed by atoms with E-state index in [9.17, 15) is 70.7 Å². The highest BCUT2D eigenvalue weighted by molar-refractivity contribution is 5.86. The first-order valence-electron chi connectivity index (χ1n) is 7.79. The van der Waals surface area contributed by atoms with Crippen molar-refractivity contribution in [1.29, 1.82) is 0 Å². The molecule has 0 heterocycles. The number of benzene rings is 1. The van der Waals surface area contributed by atoms with Crippen molar-refractivity contribution in [3.05, 3.63) is 30.3 Å². The lowest BCUT2D eigenvalue weighted by molar-refractivity contribution is -0.451. The molecule has 1 N–H and O–H groups in total. The molecule has 1 aromatic carbocycles. The highest BCUT2D eigenvalue weighted by Crippen LogP contribution is 2.62. The van der Waals surface area contributed by atoms with Crippen LogP contribution in [0.1, 0.15) is 0 Å². The van der Waals surface area contributed by atoms with Crippen LogP contribution in [-0.2, 0) is 0 Å². The lowest BCUT2D eigenvalue weighted by atomic mass is 9.91. The molecule has 0 fully saturated rings. The van der Waals surface area contributed by atoms with Crippen LogP contribution in [0.15, 0.2) is 30.3 Å². The van der Waals surface area contributed by atoms with Crippen LogP contribution in [0.4, 0.5) is 76.3 Å².